The van der Waals surface area contributed by atoms with Crippen molar-refractivity contribution in [1.29, 1.82) is 5.26 Å². The number of hydrogen-bond donors (Lipinski definition) is 1. The maximum Gasteiger partial charge on any atom is 0.123 e. The monoisotopic (exact) mass is 348 g/mol. The van der Waals surface area contributed by atoms with E-state index in [4.69, 9.17) is 0 Å². The molecule has 3 nitrogen and oxygen atoms in total. The Morgan fingerprint density at radius 3 is 2.38 bits per heavy atom. The van der Waals surface area contributed by atoms with E-state index in [0.29, 0.717) is 18.1 Å². The molecular formula is C23H28N2O. The van der Waals surface area contributed by atoms with E-state index in [1.54, 1.807) is 0 Å². The minimum Gasteiger partial charge on any atom is -0.507 e. The Labute approximate surface area is 156 Å². The summed E-state index contributed by atoms with van der Waals surface area (Å²) in [4.78, 5) is 2.44. The van der Waals surface area contributed by atoms with Crippen LogP contribution in [0.25, 0.3) is 11.1 Å². The van der Waals surface area contributed by atoms with E-state index < -0.39 is 0 Å². The first-order valence-corrected chi connectivity index (χ1v) is 9.51. The van der Waals surface area contributed by atoms with Gasteiger partial charge in [0.25, 0.3) is 0 Å². The van der Waals surface area contributed by atoms with E-state index >= 15 is 0 Å². The van der Waals surface area contributed by atoms with Crippen molar-refractivity contribution in [3.63, 3.8) is 0 Å². The molecule has 2 aromatic rings. The first-order chi connectivity index (χ1) is 12.5. The molecule has 0 spiro atoms. The Bertz CT molecular complexity index is 769. The number of benzene rings is 2. The van der Waals surface area contributed by atoms with Crippen molar-refractivity contribution in [3.05, 3.63) is 54.1 Å². The number of nitrogens with zero attached hydrogens (tertiary/aromatic N) is 2. The first-order valence-electron chi connectivity index (χ1n) is 9.51. The summed E-state index contributed by atoms with van der Waals surface area (Å²) in [6, 6.07) is 18.4. The lowest BCUT2D eigenvalue weighted by atomic mass is 9.68. The lowest BCUT2D eigenvalue weighted by molar-refractivity contribution is 0.0616. The zero-order valence-electron chi connectivity index (χ0n) is 15.8. The Morgan fingerprint density at radius 2 is 1.81 bits per heavy atom. The molecule has 1 fully saturated rings. The maximum atomic E-state index is 10.4. The second kappa shape index (κ2) is 7.93. The summed E-state index contributed by atoms with van der Waals surface area (Å²) in [5, 5.41) is 19.6. The summed E-state index contributed by atoms with van der Waals surface area (Å²) in [7, 11) is 0. The van der Waals surface area contributed by atoms with Gasteiger partial charge in [-0.2, -0.15) is 5.26 Å². The van der Waals surface area contributed by atoms with Crippen LogP contribution >= 0.6 is 0 Å². The van der Waals surface area contributed by atoms with Crippen molar-refractivity contribution < 1.29 is 5.11 Å². The number of rotatable bonds is 5. The van der Waals surface area contributed by atoms with E-state index in [1.807, 2.05) is 42.5 Å². The molecule has 1 saturated heterocycles. The number of phenols is 1. The van der Waals surface area contributed by atoms with Crippen LogP contribution in [0, 0.1) is 22.7 Å². The molecule has 0 aromatic heterocycles. The smallest absolute Gasteiger partial charge is 0.123 e. The van der Waals surface area contributed by atoms with E-state index in [2.05, 4.69) is 30.9 Å². The lowest BCUT2D eigenvalue weighted by Crippen LogP contribution is -2.42. The average Bonchev–Trinajstić information content (AvgIpc) is 2.64. The van der Waals surface area contributed by atoms with Crippen LogP contribution in [0.2, 0.25) is 0 Å². The fraction of sp³-hybridized carbons (Fsp3) is 0.435. The van der Waals surface area contributed by atoms with Crippen molar-refractivity contribution in [2.75, 3.05) is 13.1 Å². The standard InChI is InChI=1S/C23H28N2O/c1-18(2)23(10-13-24)11-14-25(15-12-23)17-19-8-9-21(22(26)16-19)20-6-4-3-5-7-20/h3-9,16,18,26H,10-12,14-15,17H2,1-2H3. The molecule has 2 aromatic carbocycles. The highest BCUT2D eigenvalue weighted by Gasteiger charge is 2.37. The fourth-order valence-corrected chi connectivity index (χ4v) is 4.07. The fourth-order valence-electron chi connectivity index (χ4n) is 4.07. The van der Waals surface area contributed by atoms with Crippen LogP contribution in [-0.2, 0) is 6.54 Å². The van der Waals surface area contributed by atoms with Gasteiger partial charge >= 0.3 is 0 Å². The topological polar surface area (TPSA) is 47.3 Å². The van der Waals surface area contributed by atoms with Gasteiger partial charge in [0.05, 0.1) is 6.07 Å². The van der Waals surface area contributed by atoms with Gasteiger partial charge in [0.15, 0.2) is 0 Å². The van der Waals surface area contributed by atoms with Crippen molar-refractivity contribution in [2.45, 2.75) is 39.7 Å². The molecule has 0 atom stereocenters. The van der Waals surface area contributed by atoms with Gasteiger partial charge in [0.1, 0.15) is 5.75 Å². The van der Waals surface area contributed by atoms with Gasteiger partial charge in [-0.05, 0) is 54.5 Å². The first kappa shape index (κ1) is 18.5. The van der Waals surface area contributed by atoms with Crippen LogP contribution in [0.15, 0.2) is 48.5 Å². The number of hydrogen-bond acceptors (Lipinski definition) is 3. The highest BCUT2D eigenvalue weighted by Crippen LogP contribution is 2.42. The summed E-state index contributed by atoms with van der Waals surface area (Å²) in [6.07, 6.45) is 2.81. The van der Waals surface area contributed by atoms with Crippen molar-refractivity contribution in [3.8, 4) is 22.9 Å². The van der Waals surface area contributed by atoms with Gasteiger partial charge in [0.2, 0.25) is 0 Å². The normalized spacial score (nSPS) is 17.2. The quantitative estimate of drug-likeness (QED) is 0.807. The molecule has 3 heteroatoms. The van der Waals surface area contributed by atoms with Crippen LogP contribution in [0.4, 0.5) is 0 Å². The maximum absolute atomic E-state index is 10.4. The molecular weight excluding hydrogens is 320 g/mol. The van der Waals surface area contributed by atoms with Gasteiger partial charge < -0.3 is 5.11 Å². The second-order valence-electron chi connectivity index (χ2n) is 7.85. The molecule has 0 aliphatic carbocycles. The van der Waals surface area contributed by atoms with Gasteiger partial charge in [-0.25, -0.2) is 0 Å². The molecule has 0 amide bonds. The molecule has 136 valence electrons. The molecule has 1 heterocycles. The van der Waals surface area contributed by atoms with E-state index in [1.165, 1.54) is 0 Å². The Balaban J connectivity index is 1.66. The molecule has 3 rings (SSSR count). The third-order valence-electron chi connectivity index (χ3n) is 6.06. The predicted molar refractivity (Wildman–Crippen MR) is 106 cm³/mol. The van der Waals surface area contributed by atoms with Gasteiger partial charge in [-0.1, -0.05) is 56.3 Å². The summed E-state index contributed by atoms with van der Waals surface area (Å²) < 4.78 is 0. The summed E-state index contributed by atoms with van der Waals surface area (Å²) >= 11 is 0. The van der Waals surface area contributed by atoms with Crippen LogP contribution in [0.5, 0.6) is 5.75 Å². The van der Waals surface area contributed by atoms with Crippen LogP contribution in [-0.4, -0.2) is 23.1 Å². The third kappa shape index (κ3) is 3.92. The summed E-state index contributed by atoms with van der Waals surface area (Å²) in [6.45, 7) is 7.37. The number of nitriles is 1. The minimum atomic E-state index is 0.171. The molecule has 0 bridgehead atoms. The Hall–Kier alpha value is -2.31. The number of aromatic hydroxyl groups is 1. The van der Waals surface area contributed by atoms with Gasteiger partial charge in [-0.15, -0.1) is 0 Å². The van der Waals surface area contributed by atoms with Crippen molar-refractivity contribution in [1.82, 2.24) is 4.90 Å². The Kier molecular flexibility index (Phi) is 5.64. The molecule has 26 heavy (non-hydrogen) atoms. The number of likely N-dealkylation sites (tertiary alicyclic amines) is 1. The Morgan fingerprint density at radius 1 is 1.12 bits per heavy atom. The molecule has 0 unspecified atom stereocenters. The van der Waals surface area contributed by atoms with Gasteiger partial charge in [-0.3, -0.25) is 4.90 Å². The number of phenolic OH excluding ortho intramolecular Hbond substituents is 1. The summed E-state index contributed by atoms with van der Waals surface area (Å²) in [5.41, 5.74) is 3.22. The molecule has 1 aliphatic heterocycles. The van der Waals surface area contributed by atoms with Crippen molar-refractivity contribution in [2.24, 2.45) is 11.3 Å². The minimum absolute atomic E-state index is 0.171. The average molecular weight is 348 g/mol. The predicted octanol–water partition coefficient (Wildman–Crippen LogP) is 5.21. The molecule has 0 radical (unpaired) electrons. The molecule has 0 saturated carbocycles. The zero-order valence-corrected chi connectivity index (χ0v) is 15.8. The molecule has 1 N–H and O–H groups in total. The molecule has 1 aliphatic rings. The largest absolute Gasteiger partial charge is 0.507 e. The van der Waals surface area contributed by atoms with Crippen LogP contribution in [0.1, 0.15) is 38.7 Å². The van der Waals surface area contributed by atoms with Crippen LogP contribution in [0.3, 0.4) is 0 Å². The lowest BCUT2D eigenvalue weighted by Gasteiger charge is -2.43. The van der Waals surface area contributed by atoms with E-state index in [0.717, 1.165) is 49.2 Å². The number of piperidine rings is 1. The highest BCUT2D eigenvalue weighted by atomic mass is 16.3. The van der Waals surface area contributed by atoms with Crippen molar-refractivity contribution >= 4 is 0 Å². The van der Waals surface area contributed by atoms with E-state index in [9.17, 15) is 10.4 Å². The van der Waals surface area contributed by atoms with Gasteiger partial charge in [0, 0.05) is 18.5 Å². The van der Waals surface area contributed by atoms with E-state index in [-0.39, 0.29) is 5.41 Å². The SMILES string of the molecule is CC(C)C1(CC#N)CCN(Cc2ccc(-c3ccccc3)c(O)c2)CC1. The zero-order chi connectivity index (χ0) is 18.6. The second-order valence-corrected chi connectivity index (χ2v) is 7.85. The summed E-state index contributed by atoms with van der Waals surface area (Å²) in [5.74, 6) is 0.880. The van der Waals surface area contributed by atoms with Crippen LogP contribution < -0.4 is 0 Å². The highest BCUT2D eigenvalue weighted by molar-refractivity contribution is 5.70. The third-order valence-corrected chi connectivity index (χ3v) is 6.06.